The third-order valence-corrected chi connectivity index (χ3v) is 5.52. The standard InChI is InChI=1S/C19H17N5S/c20-12-16-2-1-3-18(22-16)24-10-6-15(7-11-24)19-23-17(13-25-19)14-4-8-21-9-5-14/h1-5,8-9,13,15H,6-7,10-11H2. The van der Waals surface area contributed by atoms with E-state index in [9.17, 15) is 0 Å². The highest BCUT2D eigenvalue weighted by Gasteiger charge is 2.24. The molecule has 6 heteroatoms. The van der Waals surface area contributed by atoms with Gasteiger partial charge >= 0.3 is 0 Å². The summed E-state index contributed by atoms with van der Waals surface area (Å²) in [5.74, 6) is 1.39. The van der Waals surface area contributed by atoms with Gasteiger partial charge in [-0.3, -0.25) is 4.98 Å². The summed E-state index contributed by atoms with van der Waals surface area (Å²) in [4.78, 5) is 15.6. The maximum absolute atomic E-state index is 9.01. The number of hydrogen-bond donors (Lipinski definition) is 0. The minimum atomic E-state index is 0.474. The molecule has 0 saturated carbocycles. The number of thiazole rings is 1. The van der Waals surface area contributed by atoms with Crippen molar-refractivity contribution in [2.45, 2.75) is 18.8 Å². The lowest BCUT2D eigenvalue weighted by atomic mass is 9.97. The van der Waals surface area contributed by atoms with Gasteiger partial charge in [-0.15, -0.1) is 11.3 Å². The van der Waals surface area contributed by atoms with E-state index in [4.69, 9.17) is 10.2 Å². The Balaban J connectivity index is 1.44. The van der Waals surface area contributed by atoms with E-state index < -0.39 is 0 Å². The van der Waals surface area contributed by atoms with Gasteiger partial charge in [-0.1, -0.05) is 6.07 Å². The summed E-state index contributed by atoms with van der Waals surface area (Å²) in [6.07, 6.45) is 5.72. The average molecular weight is 347 g/mol. The molecule has 0 N–H and O–H groups in total. The quantitative estimate of drug-likeness (QED) is 0.720. The van der Waals surface area contributed by atoms with Gasteiger partial charge in [0.15, 0.2) is 0 Å². The zero-order chi connectivity index (χ0) is 17.1. The number of rotatable bonds is 3. The smallest absolute Gasteiger partial charge is 0.142 e. The normalized spacial score (nSPS) is 15.1. The summed E-state index contributed by atoms with van der Waals surface area (Å²) < 4.78 is 0. The van der Waals surface area contributed by atoms with Gasteiger partial charge in [0.1, 0.15) is 17.6 Å². The summed E-state index contributed by atoms with van der Waals surface area (Å²) in [5, 5.41) is 12.4. The van der Waals surface area contributed by atoms with E-state index in [0.717, 1.165) is 43.0 Å². The second-order valence-electron chi connectivity index (χ2n) is 6.06. The molecular formula is C19H17N5S. The molecule has 0 unspecified atom stereocenters. The molecule has 124 valence electrons. The lowest BCUT2D eigenvalue weighted by molar-refractivity contribution is 0.501. The SMILES string of the molecule is N#Cc1cccc(N2CCC(c3nc(-c4ccncc4)cs3)CC2)n1. The summed E-state index contributed by atoms with van der Waals surface area (Å²) in [5.41, 5.74) is 2.63. The van der Waals surface area contributed by atoms with Crippen LogP contribution in [0.4, 0.5) is 5.82 Å². The van der Waals surface area contributed by atoms with E-state index in [-0.39, 0.29) is 0 Å². The van der Waals surface area contributed by atoms with Crippen LogP contribution in [0.1, 0.15) is 29.5 Å². The molecule has 4 rings (SSSR count). The number of nitriles is 1. The number of aromatic nitrogens is 3. The highest BCUT2D eigenvalue weighted by molar-refractivity contribution is 7.10. The Hall–Kier alpha value is -2.78. The van der Waals surface area contributed by atoms with Crippen LogP contribution in [0, 0.1) is 11.3 Å². The fourth-order valence-electron chi connectivity index (χ4n) is 3.15. The van der Waals surface area contributed by atoms with E-state index in [1.807, 2.05) is 24.3 Å². The van der Waals surface area contributed by atoms with E-state index in [1.165, 1.54) is 5.01 Å². The van der Waals surface area contributed by atoms with Crippen molar-refractivity contribution >= 4 is 17.2 Å². The van der Waals surface area contributed by atoms with Crippen LogP contribution in [0.2, 0.25) is 0 Å². The van der Waals surface area contributed by atoms with Crippen molar-refractivity contribution < 1.29 is 0 Å². The fourth-order valence-corrected chi connectivity index (χ4v) is 4.15. The second-order valence-corrected chi connectivity index (χ2v) is 6.95. The summed E-state index contributed by atoms with van der Waals surface area (Å²) in [6.45, 7) is 1.88. The molecule has 0 bridgehead atoms. The van der Waals surface area contributed by atoms with Crippen LogP contribution in [0.5, 0.6) is 0 Å². The highest BCUT2D eigenvalue weighted by Crippen LogP contribution is 2.33. The van der Waals surface area contributed by atoms with Crippen molar-refractivity contribution in [3.63, 3.8) is 0 Å². The van der Waals surface area contributed by atoms with Crippen molar-refractivity contribution in [1.29, 1.82) is 5.26 Å². The van der Waals surface area contributed by atoms with Crippen molar-refractivity contribution in [3.05, 3.63) is 58.8 Å². The molecule has 3 aromatic heterocycles. The van der Waals surface area contributed by atoms with Gasteiger partial charge in [0.05, 0.1) is 10.7 Å². The third-order valence-electron chi connectivity index (χ3n) is 4.52. The summed E-state index contributed by atoms with van der Waals surface area (Å²) in [6, 6.07) is 11.7. The van der Waals surface area contributed by atoms with Crippen LogP contribution in [0.25, 0.3) is 11.3 Å². The summed E-state index contributed by atoms with van der Waals surface area (Å²) >= 11 is 1.75. The van der Waals surface area contributed by atoms with Crippen LogP contribution >= 0.6 is 11.3 Å². The second kappa shape index (κ2) is 6.99. The van der Waals surface area contributed by atoms with Crippen LogP contribution < -0.4 is 4.90 Å². The molecular weight excluding hydrogens is 330 g/mol. The topological polar surface area (TPSA) is 65.7 Å². The molecule has 0 atom stereocenters. The molecule has 1 aliphatic rings. The third kappa shape index (κ3) is 3.37. The first-order valence-corrected chi connectivity index (χ1v) is 9.19. The van der Waals surface area contributed by atoms with Gasteiger partial charge in [0, 0.05) is 42.3 Å². The molecule has 0 aliphatic carbocycles. The van der Waals surface area contributed by atoms with Crippen molar-refractivity contribution in [1.82, 2.24) is 15.0 Å². The Kier molecular flexibility index (Phi) is 4.40. The molecule has 0 amide bonds. The number of piperidine rings is 1. The van der Waals surface area contributed by atoms with Gasteiger partial charge in [-0.25, -0.2) is 9.97 Å². The Morgan fingerprint density at radius 3 is 2.64 bits per heavy atom. The largest absolute Gasteiger partial charge is 0.357 e. The number of anilines is 1. The van der Waals surface area contributed by atoms with E-state index >= 15 is 0 Å². The van der Waals surface area contributed by atoms with Crippen molar-refractivity contribution in [2.24, 2.45) is 0 Å². The minimum absolute atomic E-state index is 0.474. The fraction of sp³-hybridized carbons (Fsp3) is 0.263. The van der Waals surface area contributed by atoms with E-state index in [2.05, 4.69) is 26.3 Å². The predicted octanol–water partition coefficient (Wildman–Crippen LogP) is 3.86. The number of hydrogen-bond acceptors (Lipinski definition) is 6. The minimum Gasteiger partial charge on any atom is -0.357 e. The Bertz CT molecular complexity index is 891. The zero-order valence-electron chi connectivity index (χ0n) is 13.7. The van der Waals surface area contributed by atoms with E-state index in [0.29, 0.717) is 11.6 Å². The maximum atomic E-state index is 9.01. The monoisotopic (exact) mass is 347 g/mol. The van der Waals surface area contributed by atoms with Gasteiger partial charge < -0.3 is 4.90 Å². The zero-order valence-corrected chi connectivity index (χ0v) is 14.5. The Morgan fingerprint density at radius 2 is 1.88 bits per heavy atom. The highest BCUT2D eigenvalue weighted by atomic mass is 32.1. The molecule has 0 aromatic carbocycles. The first kappa shape index (κ1) is 15.7. The first-order chi connectivity index (χ1) is 12.3. The Labute approximate surface area is 150 Å². The average Bonchev–Trinajstić information content (AvgIpc) is 3.19. The molecule has 5 nitrogen and oxygen atoms in total. The van der Waals surface area contributed by atoms with Crippen LogP contribution in [0.3, 0.4) is 0 Å². The van der Waals surface area contributed by atoms with Gasteiger partial charge in [0.2, 0.25) is 0 Å². The molecule has 1 aliphatic heterocycles. The predicted molar refractivity (Wildman–Crippen MR) is 98.5 cm³/mol. The van der Waals surface area contributed by atoms with Crippen LogP contribution in [-0.4, -0.2) is 28.0 Å². The molecule has 4 heterocycles. The molecule has 0 radical (unpaired) electrons. The number of nitrogens with zero attached hydrogens (tertiary/aromatic N) is 5. The Morgan fingerprint density at radius 1 is 1.08 bits per heavy atom. The van der Waals surface area contributed by atoms with E-state index in [1.54, 1.807) is 29.8 Å². The van der Waals surface area contributed by atoms with Crippen molar-refractivity contribution in [3.8, 4) is 17.3 Å². The molecule has 3 aromatic rings. The molecule has 25 heavy (non-hydrogen) atoms. The van der Waals surface area contributed by atoms with Crippen LogP contribution in [0.15, 0.2) is 48.1 Å². The van der Waals surface area contributed by atoms with Gasteiger partial charge in [-0.2, -0.15) is 5.26 Å². The van der Waals surface area contributed by atoms with Gasteiger partial charge in [0.25, 0.3) is 0 Å². The molecule has 1 fully saturated rings. The van der Waals surface area contributed by atoms with Crippen LogP contribution in [-0.2, 0) is 0 Å². The summed E-state index contributed by atoms with van der Waals surface area (Å²) in [7, 11) is 0. The molecule has 1 saturated heterocycles. The lowest BCUT2D eigenvalue weighted by Gasteiger charge is -2.32. The lowest BCUT2D eigenvalue weighted by Crippen LogP contribution is -2.33. The van der Waals surface area contributed by atoms with Crippen molar-refractivity contribution in [2.75, 3.05) is 18.0 Å². The van der Waals surface area contributed by atoms with Gasteiger partial charge in [-0.05, 0) is 37.1 Å². The number of pyridine rings is 2. The molecule has 0 spiro atoms. The maximum Gasteiger partial charge on any atom is 0.142 e. The first-order valence-electron chi connectivity index (χ1n) is 8.31.